The van der Waals surface area contributed by atoms with Gasteiger partial charge in [-0.1, -0.05) is 20.8 Å². The molecule has 0 aromatic heterocycles. The molecule has 4 saturated carbocycles. The van der Waals surface area contributed by atoms with E-state index in [1.807, 2.05) is 13.3 Å². The Hall–Kier alpha value is -1.46. The largest absolute Gasteiger partial charge is 0.334 e. The Morgan fingerprint density at radius 3 is 1.44 bits per heavy atom. The monoisotopic (exact) mass is 500 g/mol. The standard InChI is InChI=1S/C16H25O.Rf/c1-5-12(17)16-9-13(2)6-14(3,10-16)8-15(4,7-13)11-16;/h5H,6-11H2,1-4H3;/q-1;. The van der Waals surface area contributed by atoms with E-state index in [0.717, 1.165) is 19.3 Å². The van der Waals surface area contributed by atoms with E-state index >= 15 is 0 Å². The molecule has 18 heavy (non-hydrogen) atoms. The normalized spacial score (nSPS) is 52.9. The molecule has 4 aliphatic rings. The molecule has 0 saturated heterocycles. The molecular formula is C16H25ORf-. The summed E-state index contributed by atoms with van der Waals surface area (Å²) in [6.45, 7) is 9.21. The van der Waals surface area contributed by atoms with Gasteiger partial charge in [0.05, 0.1) is 0 Å². The smallest absolute Gasteiger partial charge is 0.00486 e. The third-order valence-corrected chi connectivity index (χ3v) is 5.64. The molecule has 1 nitrogen and oxygen atoms in total. The molecule has 0 heterocycles. The molecule has 2 heteroatoms. The quantitative estimate of drug-likeness (QED) is 0.521. The molecule has 0 aromatic rings. The summed E-state index contributed by atoms with van der Waals surface area (Å²) in [5, 5.41) is 0. The number of hydrogen-bond donors (Lipinski definition) is 0. The predicted octanol–water partition coefficient (Wildman–Crippen LogP) is 4.17. The fraction of sp³-hybridized carbons (Fsp3) is 0.875. The second kappa shape index (κ2) is 3.10. The zero-order valence-electron chi connectivity index (χ0n) is 12.4. The number of carbonyl (C=O) groups excluding carboxylic acids is 1. The van der Waals surface area contributed by atoms with Crippen molar-refractivity contribution >= 4 is 5.78 Å². The molecule has 4 fully saturated rings. The summed E-state index contributed by atoms with van der Waals surface area (Å²) in [4.78, 5) is 12.4. The number of carbonyl (C=O) groups is 1. The number of hydrogen-bond acceptors (Lipinski definition) is 1. The summed E-state index contributed by atoms with van der Waals surface area (Å²) < 4.78 is 0. The summed E-state index contributed by atoms with van der Waals surface area (Å²) in [7, 11) is 0. The molecule has 0 aliphatic heterocycles. The molecular weight excluding hydrogens is 475 g/mol. The molecule has 0 unspecified atom stereocenters. The molecule has 0 atom stereocenters. The molecule has 98 valence electrons. The van der Waals surface area contributed by atoms with Gasteiger partial charge in [0.15, 0.2) is 0 Å². The molecule has 0 aromatic carbocycles. The van der Waals surface area contributed by atoms with E-state index in [1.165, 1.54) is 19.3 Å². The first-order chi connectivity index (χ1) is 7.72. The van der Waals surface area contributed by atoms with E-state index in [0.29, 0.717) is 22.0 Å². The summed E-state index contributed by atoms with van der Waals surface area (Å²) in [6, 6.07) is 0. The van der Waals surface area contributed by atoms with Crippen LogP contribution in [0.3, 0.4) is 0 Å². The van der Waals surface area contributed by atoms with Crippen LogP contribution in [0, 0.1) is 28.1 Å². The minimum atomic E-state index is 0. The van der Waals surface area contributed by atoms with Crippen molar-refractivity contribution < 1.29 is 4.79 Å². The van der Waals surface area contributed by atoms with Crippen LogP contribution in [0.2, 0.25) is 0 Å². The van der Waals surface area contributed by atoms with Crippen LogP contribution < -0.4 is 0 Å². The summed E-state index contributed by atoms with van der Waals surface area (Å²) >= 11 is 0. The van der Waals surface area contributed by atoms with E-state index in [9.17, 15) is 4.79 Å². The van der Waals surface area contributed by atoms with Gasteiger partial charge in [-0.2, -0.15) is 6.92 Å². The fourth-order valence-corrected chi connectivity index (χ4v) is 6.86. The third-order valence-electron chi connectivity index (χ3n) is 5.64. The maximum absolute atomic E-state index is 12.4. The van der Waals surface area contributed by atoms with Crippen LogP contribution in [0.25, 0.3) is 0 Å². The molecule has 0 spiro atoms. The predicted molar refractivity (Wildman–Crippen MR) is 69.4 cm³/mol. The minimum Gasteiger partial charge on any atom is -0.334 e. The Bertz CT molecular complexity index is 333. The maximum Gasteiger partial charge on any atom is 0.00486 e. The second-order valence-electron chi connectivity index (χ2n) is 8.43. The first kappa shape index (κ1) is 13.0. The minimum absolute atomic E-state index is 0. The Morgan fingerprint density at radius 1 is 0.833 bits per heavy atom. The van der Waals surface area contributed by atoms with Gasteiger partial charge >= 0.3 is 0 Å². The number of ketones is 1. The van der Waals surface area contributed by atoms with Crippen molar-refractivity contribution in [3.05, 3.63) is 6.42 Å². The molecule has 0 radical (unpaired) electrons. The van der Waals surface area contributed by atoms with Crippen molar-refractivity contribution in [3.8, 4) is 0 Å². The Morgan fingerprint density at radius 2 is 1.17 bits per heavy atom. The first-order valence-corrected chi connectivity index (χ1v) is 7.06. The van der Waals surface area contributed by atoms with Crippen LogP contribution >= 0.6 is 0 Å². The van der Waals surface area contributed by atoms with Crippen LogP contribution in [0.4, 0.5) is 0 Å². The summed E-state index contributed by atoms with van der Waals surface area (Å²) in [5.41, 5.74) is 1.28. The molecule has 0 amide bonds. The van der Waals surface area contributed by atoms with E-state index in [4.69, 9.17) is 0 Å². The van der Waals surface area contributed by atoms with Gasteiger partial charge < -0.3 is 11.2 Å². The van der Waals surface area contributed by atoms with Crippen molar-refractivity contribution in [1.82, 2.24) is 0 Å². The van der Waals surface area contributed by atoms with E-state index in [2.05, 4.69) is 20.8 Å². The Balaban J connectivity index is 0.00000120. The van der Waals surface area contributed by atoms with Gasteiger partial charge in [0.25, 0.3) is 0 Å². The Kier molecular flexibility index (Phi) is 2.24. The van der Waals surface area contributed by atoms with E-state index in [1.54, 1.807) is 0 Å². The SMILES string of the molecule is C[CH-]C(=O)C12CC3(C)CC(C)(CC(C)(C3)C1)C2.[Rf]. The zero-order chi connectivity index (χ0) is 12.5. The molecule has 0 N–H and O–H groups in total. The van der Waals surface area contributed by atoms with Crippen LogP contribution in [0.15, 0.2) is 0 Å². The van der Waals surface area contributed by atoms with Crippen LogP contribution in [-0.2, 0) is 4.79 Å². The Labute approximate surface area is 105 Å². The van der Waals surface area contributed by atoms with Crippen LogP contribution in [-0.4, -0.2) is 5.78 Å². The maximum atomic E-state index is 12.4. The zero-order valence-corrected chi connectivity index (χ0v) is 18.8. The van der Waals surface area contributed by atoms with Gasteiger partial charge in [-0.05, 0) is 54.8 Å². The summed E-state index contributed by atoms with van der Waals surface area (Å²) in [5.74, 6) is 0.431. The molecule has 4 rings (SSSR count). The van der Waals surface area contributed by atoms with Gasteiger partial charge in [-0.3, -0.25) is 0 Å². The number of Topliss-reactive ketones (excluding diaryl/α,β-unsaturated/α-hetero) is 1. The van der Waals surface area contributed by atoms with E-state index < -0.39 is 0 Å². The van der Waals surface area contributed by atoms with Gasteiger partial charge in [-0.25, -0.2) is 0 Å². The summed E-state index contributed by atoms with van der Waals surface area (Å²) in [6.07, 6.45) is 9.30. The molecule has 4 bridgehead atoms. The van der Waals surface area contributed by atoms with Crippen LogP contribution in [0.5, 0.6) is 0 Å². The van der Waals surface area contributed by atoms with Crippen molar-refractivity contribution in [1.29, 1.82) is 0 Å². The van der Waals surface area contributed by atoms with Crippen molar-refractivity contribution in [2.45, 2.75) is 66.2 Å². The second-order valence-corrected chi connectivity index (χ2v) is 8.43. The van der Waals surface area contributed by atoms with Crippen LogP contribution in [0.1, 0.15) is 66.2 Å². The average Bonchev–Trinajstić information content (AvgIpc) is 2.08. The molecule has 4 aliphatic carbocycles. The average molecular weight is 500 g/mol. The number of rotatable bonds is 2. The van der Waals surface area contributed by atoms with E-state index in [-0.39, 0.29) is 5.41 Å². The first-order valence-electron chi connectivity index (χ1n) is 7.06. The van der Waals surface area contributed by atoms with Gasteiger partial charge in [0.2, 0.25) is 0 Å². The van der Waals surface area contributed by atoms with Crippen molar-refractivity contribution in [3.63, 3.8) is 0 Å². The van der Waals surface area contributed by atoms with Gasteiger partial charge in [-0.15, -0.1) is 0 Å². The third kappa shape index (κ3) is 1.47. The van der Waals surface area contributed by atoms with Crippen molar-refractivity contribution in [2.75, 3.05) is 0 Å². The van der Waals surface area contributed by atoms with Gasteiger partial charge in [0.1, 0.15) is 0 Å². The fourth-order valence-electron chi connectivity index (χ4n) is 6.86. The van der Waals surface area contributed by atoms with Gasteiger partial charge in [0, 0.05) is 11.2 Å². The van der Waals surface area contributed by atoms with Crippen molar-refractivity contribution in [2.24, 2.45) is 21.7 Å². The topological polar surface area (TPSA) is 17.1 Å².